The van der Waals surface area contributed by atoms with Gasteiger partial charge in [-0.3, -0.25) is 0 Å². The van der Waals surface area contributed by atoms with E-state index in [1.807, 2.05) is 43.3 Å². The van der Waals surface area contributed by atoms with E-state index < -0.39 is 11.7 Å². The van der Waals surface area contributed by atoms with Crippen molar-refractivity contribution in [2.75, 3.05) is 49.2 Å². The maximum absolute atomic E-state index is 13.9. The molecule has 0 bridgehead atoms. The third kappa shape index (κ3) is 7.42. The fourth-order valence-corrected chi connectivity index (χ4v) is 7.85. The Morgan fingerprint density at radius 2 is 1.65 bits per heavy atom. The predicted molar refractivity (Wildman–Crippen MR) is 197 cm³/mol. The highest BCUT2D eigenvalue weighted by molar-refractivity contribution is 7.27. The quantitative estimate of drug-likeness (QED) is 0.192. The van der Waals surface area contributed by atoms with Gasteiger partial charge in [-0.1, -0.05) is 13.0 Å². The first-order chi connectivity index (χ1) is 24.7. The monoisotopic (exact) mass is 714 g/mol. The van der Waals surface area contributed by atoms with Crippen LogP contribution in [0.25, 0.3) is 5.69 Å². The lowest BCUT2D eigenvalue weighted by Gasteiger charge is -2.37. The van der Waals surface area contributed by atoms with Crippen LogP contribution in [0.1, 0.15) is 38.3 Å². The van der Waals surface area contributed by atoms with Gasteiger partial charge in [-0.15, -0.1) is 9.24 Å². The van der Waals surface area contributed by atoms with Crippen LogP contribution in [-0.4, -0.2) is 79.7 Å². The standard InChI is InChI=1S/C37H44FN8O4P/c1-3-34(26(2)47)46-36(48)45(25-41-46)31-7-5-29(6-8-31)42-14-16-43(17-15-42)30-9-11-32(12-10-30)49-20-27-19-37(50-21-27,22-44-24-39-23-40-44)33-13-4-28(38)18-35(33)51/h4-13,18,23-27,34,47H,3,14-17,19-22,51H2,1-2H3/t26-,27-,34-,37?/m0/s1. The summed E-state index contributed by atoms with van der Waals surface area (Å²) in [5.74, 6) is 0.668. The van der Waals surface area contributed by atoms with Crippen molar-refractivity contribution in [2.45, 2.75) is 51.0 Å². The first-order valence-corrected chi connectivity index (χ1v) is 18.0. The summed E-state index contributed by atoms with van der Waals surface area (Å²) in [6.07, 6.45) is 5.35. The molecular formula is C37H44FN8O4P. The maximum atomic E-state index is 13.9. The molecule has 51 heavy (non-hydrogen) atoms. The molecule has 5 atom stereocenters. The molecule has 12 nitrogen and oxygen atoms in total. The minimum atomic E-state index is -0.667. The van der Waals surface area contributed by atoms with E-state index in [0.717, 1.165) is 59.9 Å². The Balaban J connectivity index is 0.923. The van der Waals surface area contributed by atoms with Crippen molar-refractivity contribution >= 4 is 25.9 Å². The highest BCUT2D eigenvalue weighted by Gasteiger charge is 2.44. The van der Waals surface area contributed by atoms with E-state index in [4.69, 9.17) is 9.47 Å². The molecule has 4 heterocycles. The van der Waals surface area contributed by atoms with Crippen molar-refractivity contribution in [3.63, 3.8) is 0 Å². The zero-order valence-electron chi connectivity index (χ0n) is 28.9. The lowest BCUT2D eigenvalue weighted by molar-refractivity contribution is -0.0172. The number of ether oxygens (including phenoxy) is 2. The van der Waals surface area contributed by atoms with E-state index in [0.29, 0.717) is 32.6 Å². The SMILES string of the molecule is CC[C@@H]([C@H](C)O)n1ncn(-c2ccc(N3CCN(c4ccc(OC[C@H]5COC(Cn6cncn6)(c6ccc(F)cc6P)C5)cc4)CC3)cc2)c1=O. The summed E-state index contributed by atoms with van der Waals surface area (Å²) in [7, 11) is 2.64. The summed E-state index contributed by atoms with van der Waals surface area (Å²) in [5.41, 5.74) is 3.00. The fourth-order valence-electron chi connectivity index (χ4n) is 7.33. The van der Waals surface area contributed by atoms with Crippen molar-refractivity contribution in [1.82, 2.24) is 29.1 Å². The molecule has 0 saturated carbocycles. The Morgan fingerprint density at radius 1 is 0.980 bits per heavy atom. The number of halogens is 1. The molecule has 2 aliphatic rings. The number of aliphatic hydroxyl groups is 1. The molecule has 0 amide bonds. The van der Waals surface area contributed by atoms with E-state index in [1.54, 1.807) is 24.0 Å². The number of piperazine rings is 1. The average Bonchev–Trinajstić information content (AvgIpc) is 3.90. The van der Waals surface area contributed by atoms with Crippen LogP contribution in [0, 0.1) is 11.7 Å². The largest absolute Gasteiger partial charge is 0.493 e. The topological polar surface area (TPSA) is 116 Å². The summed E-state index contributed by atoms with van der Waals surface area (Å²) in [5, 5.41) is 19.4. The number of anilines is 2. The zero-order chi connectivity index (χ0) is 35.5. The van der Waals surface area contributed by atoms with Crippen molar-refractivity contribution in [3.05, 3.63) is 108 Å². The molecule has 5 aromatic rings. The summed E-state index contributed by atoms with van der Waals surface area (Å²) in [4.78, 5) is 21.8. The van der Waals surface area contributed by atoms with Gasteiger partial charge in [0.15, 0.2) is 0 Å². The molecule has 3 aromatic carbocycles. The second kappa shape index (κ2) is 15.0. The molecule has 0 aliphatic carbocycles. The van der Waals surface area contributed by atoms with Crippen molar-refractivity contribution in [2.24, 2.45) is 5.92 Å². The molecule has 2 saturated heterocycles. The van der Waals surface area contributed by atoms with Crippen LogP contribution in [0.3, 0.4) is 0 Å². The number of rotatable bonds is 12. The predicted octanol–water partition coefficient (Wildman–Crippen LogP) is 3.93. The fraction of sp³-hybridized carbons (Fsp3) is 0.405. The van der Waals surface area contributed by atoms with Crippen molar-refractivity contribution in [3.8, 4) is 11.4 Å². The van der Waals surface area contributed by atoms with E-state index in [1.165, 1.54) is 34.0 Å². The Kier molecular flexibility index (Phi) is 10.2. The van der Waals surface area contributed by atoms with Gasteiger partial charge in [-0.2, -0.15) is 10.2 Å². The smallest absolute Gasteiger partial charge is 0.350 e. The molecule has 14 heteroatoms. The lowest BCUT2D eigenvalue weighted by atomic mass is 9.87. The zero-order valence-corrected chi connectivity index (χ0v) is 30.0. The number of nitrogens with zero attached hydrogens (tertiary/aromatic N) is 8. The lowest BCUT2D eigenvalue weighted by Crippen LogP contribution is -2.46. The Morgan fingerprint density at radius 3 is 2.25 bits per heavy atom. The number of aliphatic hydroxyl groups excluding tert-OH is 1. The Labute approximate surface area is 298 Å². The van der Waals surface area contributed by atoms with Gasteiger partial charge in [-0.05, 0) is 91.3 Å². The molecule has 268 valence electrons. The number of benzene rings is 3. The van der Waals surface area contributed by atoms with Crippen LogP contribution < -0.4 is 25.5 Å². The maximum Gasteiger partial charge on any atom is 0.350 e. The normalized spacial score (nSPS) is 20.5. The molecule has 1 N–H and O–H groups in total. The third-order valence-electron chi connectivity index (χ3n) is 10.0. The van der Waals surface area contributed by atoms with Gasteiger partial charge in [0.25, 0.3) is 0 Å². The van der Waals surface area contributed by atoms with Crippen molar-refractivity contribution in [1.29, 1.82) is 0 Å². The highest BCUT2D eigenvalue weighted by atomic mass is 31.0. The van der Waals surface area contributed by atoms with E-state index in [2.05, 4.69) is 46.4 Å². The Bertz CT molecular complexity index is 1960. The summed E-state index contributed by atoms with van der Waals surface area (Å²) in [6, 6.07) is 20.7. The second-order valence-electron chi connectivity index (χ2n) is 13.4. The van der Waals surface area contributed by atoms with E-state index in [-0.39, 0.29) is 23.5 Å². The van der Waals surface area contributed by atoms with Crippen molar-refractivity contribution < 1.29 is 19.0 Å². The third-order valence-corrected chi connectivity index (χ3v) is 10.5. The molecular weight excluding hydrogens is 670 g/mol. The molecule has 0 spiro atoms. The summed E-state index contributed by atoms with van der Waals surface area (Å²) < 4.78 is 31.3. The number of aromatic nitrogens is 6. The second-order valence-corrected chi connectivity index (χ2v) is 14.1. The van der Waals surface area contributed by atoms with Gasteiger partial charge >= 0.3 is 5.69 Å². The average molecular weight is 715 g/mol. The molecule has 2 unspecified atom stereocenters. The van der Waals surface area contributed by atoms with Gasteiger partial charge in [0.05, 0.1) is 37.6 Å². The van der Waals surface area contributed by atoms with Gasteiger partial charge in [-0.25, -0.2) is 28.1 Å². The van der Waals surface area contributed by atoms with Gasteiger partial charge in [0, 0.05) is 43.5 Å². The summed E-state index contributed by atoms with van der Waals surface area (Å²) >= 11 is 0. The van der Waals surface area contributed by atoms with Gasteiger partial charge in [0.1, 0.15) is 36.1 Å². The minimum absolute atomic E-state index is 0.145. The Hall–Kier alpha value is -4.58. The number of hydrogen-bond donors (Lipinski definition) is 1. The first-order valence-electron chi connectivity index (χ1n) is 17.4. The van der Waals surface area contributed by atoms with E-state index >= 15 is 0 Å². The van der Waals surface area contributed by atoms with Crippen LogP contribution >= 0.6 is 9.24 Å². The molecule has 2 aliphatic heterocycles. The van der Waals surface area contributed by atoms with Gasteiger partial charge in [0.2, 0.25) is 0 Å². The molecule has 2 aromatic heterocycles. The van der Waals surface area contributed by atoms with Gasteiger partial charge < -0.3 is 24.4 Å². The minimum Gasteiger partial charge on any atom is -0.493 e. The molecule has 7 rings (SSSR count). The van der Waals surface area contributed by atoms with E-state index in [9.17, 15) is 14.3 Å². The molecule has 2 fully saturated rings. The van der Waals surface area contributed by atoms with Crippen LogP contribution in [-0.2, 0) is 16.9 Å². The molecule has 0 radical (unpaired) electrons. The van der Waals surface area contributed by atoms with Crippen LogP contribution in [0.4, 0.5) is 15.8 Å². The summed E-state index contributed by atoms with van der Waals surface area (Å²) in [6.45, 7) is 8.59. The van der Waals surface area contributed by atoms with Crippen LogP contribution in [0.2, 0.25) is 0 Å². The highest BCUT2D eigenvalue weighted by Crippen LogP contribution is 2.41. The van der Waals surface area contributed by atoms with Crippen LogP contribution in [0.15, 0.2) is 90.5 Å². The first kappa shape index (κ1) is 34.9. The van der Waals surface area contributed by atoms with Crippen LogP contribution in [0.5, 0.6) is 5.75 Å². The number of hydrogen-bond acceptors (Lipinski definition) is 9.